The van der Waals surface area contributed by atoms with E-state index in [-0.39, 0.29) is 23.8 Å². The highest BCUT2D eigenvalue weighted by Crippen LogP contribution is 2.25. The lowest BCUT2D eigenvalue weighted by Gasteiger charge is -2.38. The summed E-state index contributed by atoms with van der Waals surface area (Å²) in [4.78, 5) is 31.3. The molecule has 0 spiro atoms. The number of hydrogen-bond acceptors (Lipinski definition) is 5. The van der Waals surface area contributed by atoms with Crippen molar-refractivity contribution in [2.24, 2.45) is 0 Å². The van der Waals surface area contributed by atoms with Crippen LogP contribution in [0.15, 0.2) is 53.6 Å². The topological polar surface area (TPSA) is 95.7 Å². The average Bonchev–Trinajstić information content (AvgIpc) is 2.71. The van der Waals surface area contributed by atoms with Gasteiger partial charge < -0.3 is 15.1 Å². The molecule has 1 saturated heterocycles. The fraction of sp³-hybridized carbons (Fsp3) is 0.286. The molecule has 2 aromatic carbocycles. The van der Waals surface area contributed by atoms with Crippen molar-refractivity contribution in [3.63, 3.8) is 0 Å². The maximum atomic E-state index is 12.7. The third kappa shape index (κ3) is 3.97. The smallest absolute Gasteiger partial charge is 0.261 e. The highest BCUT2D eigenvalue weighted by molar-refractivity contribution is 6.31. The normalized spacial score (nSPS) is 16.1. The number of carbonyl (C=O) groups is 1. The quantitative estimate of drug-likeness (QED) is 0.687. The zero-order chi connectivity index (χ0) is 20.6. The Kier molecular flexibility index (Phi) is 5.02. The van der Waals surface area contributed by atoms with Gasteiger partial charge in [0.1, 0.15) is 5.75 Å². The minimum Gasteiger partial charge on any atom is -0.508 e. The van der Waals surface area contributed by atoms with E-state index in [0.29, 0.717) is 47.4 Å². The summed E-state index contributed by atoms with van der Waals surface area (Å²) >= 11 is 5.95. The SMILES string of the molecule is O=C(c1ccc(O)cc1)N1CCC(O)(Cn2cnc3cc(Cl)ccc3c2=O)CC1. The van der Waals surface area contributed by atoms with E-state index in [9.17, 15) is 19.8 Å². The highest BCUT2D eigenvalue weighted by Gasteiger charge is 2.35. The lowest BCUT2D eigenvalue weighted by molar-refractivity contribution is -0.0299. The van der Waals surface area contributed by atoms with Crippen LogP contribution in [-0.2, 0) is 6.54 Å². The summed E-state index contributed by atoms with van der Waals surface area (Å²) in [5, 5.41) is 21.3. The van der Waals surface area contributed by atoms with Crippen LogP contribution in [-0.4, -0.2) is 49.3 Å². The second-order valence-corrected chi connectivity index (χ2v) is 7.84. The first kappa shape index (κ1) is 19.4. The van der Waals surface area contributed by atoms with Gasteiger partial charge >= 0.3 is 0 Å². The maximum Gasteiger partial charge on any atom is 0.261 e. The molecule has 2 heterocycles. The molecule has 3 aromatic rings. The Bertz CT molecular complexity index is 1120. The van der Waals surface area contributed by atoms with E-state index < -0.39 is 5.60 Å². The molecule has 0 bridgehead atoms. The molecular weight excluding hydrogens is 394 g/mol. The van der Waals surface area contributed by atoms with Crippen LogP contribution < -0.4 is 5.56 Å². The number of benzene rings is 2. The Morgan fingerprint density at radius 1 is 1.14 bits per heavy atom. The molecule has 8 heteroatoms. The number of aromatic hydroxyl groups is 1. The number of aliphatic hydroxyl groups is 1. The number of amides is 1. The van der Waals surface area contributed by atoms with E-state index in [0.717, 1.165) is 0 Å². The van der Waals surface area contributed by atoms with Crippen molar-refractivity contribution in [2.75, 3.05) is 13.1 Å². The van der Waals surface area contributed by atoms with Crippen molar-refractivity contribution in [1.82, 2.24) is 14.5 Å². The number of rotatable bonds is 3. The van der Waals surface area contributed by atoms with Crippen molar-refractivity contribution in [2.45, 2.75) is 25.0 Å². The number of hydrogen-bond donors (Lipinski definition) is 2. The molecule has 29 heavy (non-hydrogen) atoms. The molecule has 0 radical (unpaired) electrons. The number of phenols is 1. The molecule has 0 aliphatic carbocycles. The van der Waals surface area contributed by atoms with E-state index in [4.69, 9.17) is 11.6 Å². The van der Waals surface area contributed by atoms with Crippen LogP contribution in [0.4, 0.5) is 0 Å². The van der Waals surface area contributed by atoms with Crippen molar-refractivity contribution in [3.05, 3.63) is 69.7 Å². The third-order valence-corrected chi connectivity index (χ3v) is 5.58. The summed E-state index contributed by atoms with van der Waals surface area (Å²) in [7, 11) is 0. The van der Waals surface area contributed by atoms with E-state index in [1.54, 1.807) is 35.2 Å². The van der Waals surface area contributed by atoms with Crippen molar-refractivity contribution in [3.8, 4) is 5.75 Å². The Hall–Kier alpha value is -2.90. The number of halogens is 1. The maximum absolute atomic E-state index is 12.7. The second-order valence-electron chi connectivity index (χ2n) is 7.40. The molecule has 1 fully saturated rings. The molecule has 1 aliphatic rings. The summed E-state index contributed by atoms with van der Waals surface area (Å²) < 4.78 is 1.41. The molecule has 0 atom stereocenters. The Morgan fingerprint density at radius 3 is 2.52 bits per heavy atom. The van der Waals surface area contributed by atoms with Crippen molar-refractivity contribution >= 4 is 28.4 Å². The zero-order valence-electron chi connectivity index (χ0n) is 15.6. The van der Waals surface area contributed by atoms with Gasteiger partial charge in [0, 0.05) is 23.7 Å². The number of piperidine rings is 1. The van der Waals surface area contributed by atoms with Gasteiger partial charge in [0.25, 0.3) is 11.5 Å². The molecule has 4 rings (SSSR count). The lowest BCUT2D eigenvalue weighted by Crippen LogP contribution is -2.49. The number of aromatic nitrogens is 2. The van der Waals surface area contributed by atoms with E-state index in [1.807, 2.05) is 0 Å². The van der Waals surface area contributed by atoms with Crippen LogP contribution in [0.5, 0.6) is 5.75 Å². The summed E-state index contributed by atoms with van der Waals surface area (Å²) in [6.45, 7) is 0.863. The summed E-state index contributed by atoms with van der Waals surface area (Å²) in [6, 6.07) is 11.0. The van der Waals surface area contributed by atoms with E-state index >= 15 is 0 Å². The first-order valence-corrected chi connectivity index (χ1v) is 9.68. The van der Waals surface area contributed by atoms with Gasteiger partial charge in [-0.1, -0.05) is 11.6 Å². The molecule has 7 nitrogen and oxygen atoms in total. The monoisotopic (exact) mass is 413 g/mol. The van der Waals surface area contributed by atoms with Crippen LogP contribution in [0, 0.1) is 0 Å². The van der Waals surface area contributed by atoms with E-state index in [2.05, 4.69) is 4.98 Å². The van der Waals surface area contributed by atoms with Crippen molar-refractivity contribution < 1.29 is 15.0 Å². The van der Waals surface area contributed by atoms with Crippen LogP contribution in [0.2, 0.25) is 5.02 Å². The van der Waals surface area contributed by atoms with Gasteiger partial charge in [-0.3, -0.25) is 14.2 Å². The third-order valence-electron chi connectivity index (χ3n) is 5.35. The average molecular weight is 414 g/mol. The Balaban J connectivity index is 1.47. The number of carbonyl (C=O) groups excluding carboxylic acids is 1. The minimum absolute atomic E-state index is 0.103. The first-order valence-electron chi connectivity index (χ1n) is 9.30. The fourth-order valence-corrected chi connectivity index (χ4v) is 3.80. The summed E-state index contributed by atoms with van der Waals surface area (Å²) in [6.07, 6.45) is 2.12. The van der Waals surface area contributed by atoms with Gasteiger partial charge in [-0.25, -0.2) is 4.98 Å². The lowest BCUT2D eigenvalue weighted by atomic mass is 9.91. The molecule has 1 aliphatic heterocycles. The number of nitrogens with zero attached hydrogens (tertiary/aromatic N) is 3. The molecule has 0 saturated carbocycles. The molecule has 150 valence electrons. The first-order chi connectivity index (χ1) is 13.8. The standard InChI is InChI=1S/C21H20ClN3O4/c22-15-3-6-17-18(11-15)23-13-25(20(17)28)12-21(29)7-9-24(10-8-21)19(27)14-1-4-16(26)5-2-14/h1-6,11,13,26,29H,7-10,12H2. The highest BCUT2D eigenvalue weighted by atomic mass is 35.5. The van der Waals surface area contributed by atoms with Crippen molar-refractivity contribution in [1.29, 1.82) is 0 Å². The number of fused-ring (bicyclic) bond motifs is 1. The molecule has 0 unspecified atom stereocenters. The van der Waals surface area contributed by atoms with Gasteiger partial charge in [0.05, 0.1) is 29.4 Å². The molecular formula is C21H20ClN3O4. The summed E-state index contributed by atoms with van der Waals surface area (Å²) in [5.41, 5.74) is -0.332. The van der Waals surface area contributed by atoms with Crippen LogP contribution in [0.3, 0.4) is 0 Å². The minimum atomic E-state index is -1.10. The largest absolute Gasteiger partial charge is 0.508 e. The Morgan fingerprint density at radius 2 is 1.83 bits per heavy atom. The van der Waals surface area contributed by atoms with Crippen LogP contribution >= 0.6 is 11.6 Å². The van der Waals surface area contributed by atoms with Crippen LogP contribution in [0.25, 0.3) is 10.9 Å². The number of likely N-dealkylation sites (tertiary alicyclic amines) is 1. The van der Waals surface area contributed by atoms with Crippen LogP contribution in [0.1, 0.15) is 23.2 Å². The summed E-state index contributed by atoms with van der Waals surface area (Å²) in [5.74, 6) is -0.0419. The van der Waals surface area contributed by atoms with Gasteiger partial charge in [0.15, 0.2) is 0 Å². The second kappa shape index (κ2) is 7.50. The predicted molar refractivity (Wildman–Crippen MR) is 109 cm³/mol. The molecule has 1 amide bonds. The fourth-order valence-electron chi connectivity index (χ4n) is 3.63. The Labute approximate surface area is 171 Å². The molecule has 1 aromatic heterocycles. The molecule has 2 N–H and O–H groups in total. The van der Waals surface area contributed by atoms with Gasteiger partial charge in [-0.05, 0) is 55.3 Å². The van der Waals surface area contributed by atoms with Gasteiger partial charge in [-0.15, -0.1) is 0 Å². The van der Waals surface area contributed by atoms with Gasteiger partial charge in [0.2, 0.25) is 0 Å². The zero-order valence-corrected chi connectivity index (χ0v) is 16.3. The predicted octanol–water partition coefficient (Wildman–Crippen LogP) is 2.42. The van der Waals surface area contributed by atoms with Gasteiger partial charge in [-0.2, -0.15) is 0 Å². The van der Waals surface area contributed by atoms with E-state index in [1.165, 1.54) is 23.0 Å². The number of phenolic OH excluding ortho intramolecular Hbond substituents is 1.